The average molecular weight is 208 g/mol. The van der Waals surface area contributed by atoms with Gasteiger partial charge in [-0.05, 0) is 38.3 Å². The standard InChI is InChI=1S/C12H16O3/c1-6-4-9-7(2)11(13)8(3)12(14)10(9)5-15-6/h6,13-14H,4-5H2,1-3H3. The van der Waals surface area contributed by atoms with Crippen LogP contribution in [0.15, 0.2) is 0 Å². The first-order valence-electron chi connectivity index (χ1n) is 5.16. The summed E-state index contributed by atoms with van der Waals surface area (Å²) >= 11 is 0. The third-order valence-electron chi connectivity index (χ3n) is 3.17. The van der Waals surface area contributed by atoms with E-state index >= 15 is 0 Å². The van der Waals surface area contributed by atoms with Crippen molar-refractivity contribution in [1.29, 1.82) is 0 Å². The van der Waals surface area contributed by atoms with Crippen molar-refractivity contribution in [2.75, 3.05) is 0 Å². The molecule has 0 aromatic heterocycles. The molecule has 0 saturated carbocycles. The fourth-order valence-electron chi connectivity index (χ4n) is 2.14. The number of aromatic hydroxyl groups is 2. The van der Waals surface area contributed by atoms with Gasteiger partial charge in [-0.2, -0.15) is 0 Å². The molecule has 82 valence electrons. The summed E-state index contributed by atoms with van der Waals surface area (Å²) in [5.74, 6) is 0.389. The fraction of sp³-hybridized carbons (Fsp3) is 0.500. The largest absolute Gasteiger partial charge is 0.507 e. The van der Waals surface area contributed by atoms with E-state index < -0.39 is 0 Å². The van der Waals surface area contributed by atoms with Gasteiger partial charge in [-0.25, -0.2) is 0 Å². The summed E-state index contributed by atoms with van der Waals surface area (Å²) in [6.45, 7) is 6.04. The first-order chi connectivity index (χ1) is 7.02. The first-order valence-corrected chi connectivity index (χ1v) is 5.16. The molecule has 1 aliphatic heterocycles. The monoisotopic (exact) mass is 208 g/mol. The lowest BCUT2D eigenvalue weighted by Gasteiger charge is -2.26. The molecule has 3 heteroatoms. The molecule has 1 aromatic rings. The van der Waals surface area contributed by atoms with E-state index in [1.54, 1.807) is 6.92 Å². The molecular formula is C12H16O3. The van der Waals surface area contributed by atoms with Crippen molar-refractivity contribution in [3.05, 3.63) is 22.3 Å². The molecule has 0 aliphatic carbocycles. The third-order valence-corrected chi connectivity index (χ3v) is 3.17. The van der Waals surface area contributed by atoms with Gasteiger partial charge < -0.3 is 14.9 Å². The van der Waals surface area contributed by atoms with Gasteiger partial charge in [0, 0.05) is 11.1 Å². The van der Waals surface area contributed by atoms with Crippen LogP contribution in [-0.4, -0.2) is 16.3 Å². The second kappa shape index (κ2) is 3.42. The summed E-state index contributed by atoms with van der Waals surface area (Å²) in [4.78, 5) is 0. The maximum absolute atomic E-state index is 9.89. The highest BCUT2D eigenvalue weighted by Gasteiger charge is 2.24. The van der Waals surface area contributed by atoms with Crippen LogP contribution in [-0.2, 0) is 17.8 Å². The summed E-state index contributed by atoms with van der Waals surface area (Å²) in [6, 6.07) is 0. The van der Waals surface area contributed by atoms with Crippen LogP contribution in [0.25, 0.3) is 0 Å². The van der Waals surface area contributed by atoms with Gasteiger partial charge in [0.2, 0.25) is 0 Å². The molecule has 1 aliphatic rings. The minimum absolute atomic E-state index is 0.151. The van der Waals surface area contributed by atoms with E-state index in [2.05, 4.69) is 0 Å². The zero-order chi connectivity index (χ0) is 11.2. The Balaban J connectivity index is 2.65. The van der Waals surface area contributed by atoms with Gasteiger partial charge in [-0.3, -0.25) is 0 Å². The van der Waals surface area contributed by atoms with Crippen molar-refractivity contribution in [3.8, 4) is 11.5 Å². The Morgan fingerprint density at radius 2 is 1.73 bits per heavy atom. The molecule has 0 saturated heterocycles. The summed E-state index contributed by atoms with van der Waals surface area (Å²) < 4.78 is 5.49. The van der Waals surface area contributed by atoms with Gasteiger partial charge in [-0.1, -0.05) is 0 Å². The Hall–Kier alpha value is -1.22. The molecule has 1 unspecified atom stereocenters. The Bertz CT molecular complexity index is 410. The molecule has 0 fully saturated rings. The predicted octanol–water partition coefficient (Wildman–Crippen LogP) is 2.18. The number of hydrogen-bond acceptors (Lipinski definition) is 3. The van der Waals surface area contributed by atoms with Gasteiger partial charge in [0.1, 0.15) is 11.5 Å². The van der Waals surface area contributed by atoms with E-state index in [1.807, 2.05) is 13.8 Å². The molecule has 1 heterocycles. The molecule has 0 spiro atoms. The Morgan fingerprint density at radius 1 is 1.07 bits per heavy atom. The minimum Gasteiger partial charge on any atom is -0.507 e. The topological polar surface area (TPSA) is 49.7 Å². The van der Waals surface area contributed by atoms with Crippen LogP contribution in [0.3, 0.4) is 0 Å². The molecule has 15 heavy (non-hydrogen) atoms. The number of phenols is 2. The first kappa shape index (κ1) is 10.3. The fourth-order valence-corrected chi connectivity index (χ4v) is 2.14. The Kier molecular flexibility index (Phi) is 2.35. The van der Waals surface area contributed by atoms with Crippen LogP contribution >= 0.6 is 0 Å². The normalized spacial score (nSPS) is 20.1. The number of phenolic OH excluding ortho intramolecular Hbond substituents is 2. The van der Waals surface area contributed by atoms with E-state index in [9.17, 15) is 10.2 Å². The number of hydrogen-bond donors (Lipinski definition) is 2. The van der Waals surface area contributed by atoms with Gasteiger partial charge in [0.05, 0.1) is 12.7 Å². The van der Waals surface area contributed by atoms with Crippen LogP contribution in [0, 0.1) is 13.8 Å². The van der Waals surface area contributed by atoms with E-state index in [0.29, 0.717) is 12.2 Å². The highest BCUT2D eigenvalue weighted by molar-refractivity contribution is 5.57. The summed E-state index contributed by atoms with van der Waals surface area (Å²) in [7, 11) is 0. The number of ether oxygens (including phenoxy) is 1. The molecule has 3 nitrogen and oxygen atoms in total. The zero-order valence-corrected chi connectivity index (χ0v) is 9.29. The lowest BCUT2D eigenvalue weighted by molar-refractivity contribution is 0.0392. The molecule has 0 radical (unpaired) electrons. The molecule has 0 bridgehead atoms. The SMILES string of the molecule is Cc1c(O)c(C)c2c(c1O)COC(C)C2. The number of rotatable bonds is 0. The van der Waals surface area contributed by atoms with Gasteiger partial charge in [-0.15, -0.1) is 0 Å². The lowest BCUT2D eigenvalue weighted by Crippen LogP contribution is -2.20. The van der Waals surface area contributed by atoms with Crippen LogP contribution in [0.1, 0.15) is 29.2 Å². The molecular weight excluding hydrogens is 192 g/mol. The minimum atomic E-state index is 0.151. The average Bonchev–Trinajstić information content (AvgIpc) is 2.23. The van der Waals surface area contributed by atoms with Gasteiger partial charge in [0.15, 0.2) is 0 Å². The summed E-state index contributed by atoms with van der Waals surface area (Å²) in [6.07, 6.45) is 0.903. The molecule has 1 aromatic carbocycles. The van der Waals surface area contributed by atoms with Crippen LogP contribution in [0.2, 0.25) is 0 Å². The lowest BCUT2D eigenvalue weighted by atomic mass is 9.91. The van der Waals surface area contributed by atoms with E-state index in [4.69, 9.17) is 4.74 Å². The highest BCUT2D eigenvalue weighted by atomic mass is 16.5. The maximum atomic E-state index is 9.89. The van der Waals surface area contributed by atoms with Gasteiger partial charge in [0.25, 0.3) is 0 Å². The molecule has 2 rings (SSSR count). The maximum Gasteiger partial charge on any atom is 0.127 e. The Labute approximate surface area is 89.3 Å². The van der Waals surface area contributed by atoms with E-state index in [1.165, 1.54) is 0 Å². The predicted molar refractivity (Wildman–Crippen MR) is 57.2 cm³/mol. The second-order valence-corrected chi connectivity index (χ2v) is 4.23. The number of fused-ring (bicyclic) bond motifs is 1. The van der Waals surface area contributed by atoms with Crippen molar-refractivity contribution in [1.82, 2.24) is 0 Å². The van der Waals surface area contributed by atoms with Gasteiger partial charge >= 0.3 is 0 Å². The quantitative estimate of drug-likeness (QED) is 0.687. The van der Waals surface area contributed by atoms with Crippen molar-refractivity contribution in [2.45, 2.75) is 39.9 Å². The van der Waals surface area contributed by atoms with Crippen molar-refractivity contribution < 1.29 is 14.9 Å². The van der Waals surface area contributed by atoms with E-state index in [0.717, 1.165) is 23.1 Å². The summed E-state index contributed by atoms with van der Waals surface area (Å²) in [5, 5.41) is 19.7. The third kappa shape index (κ3) is 1.47. The second-order valence-electron chi connectivity index (χ2n) is 4.23. The Morgan fingerprint density at radius 3 is 2.40 bits per heavy atom. The van der Waals surface area contributed by atoms with Crippen LogP contribution in [0.5, 0.6) is 11.5 Å². The zero-order valence-electron chi connectivity index (χ0n) is 9.29. The van der Waals surface area contributed by atoms with Crippen molar-refractivity contribution in [2.24, 2.45) is 0 Å². The van der Waals surface area contributed by atoms with Crippen LogP contribution < -0.4 is 0 Å². The summed E-state index contributed by atoms with van der Waals surface area (Å²) in [5.41, 5.74) is 3.29. The van der Waals surface area contributed by atoms with E-state index in [-0.39, 0.29) is 17.6 Å². The van der Waals surface area contributed by atoms with Crippen molar-refractivity contribution >= 4 is 0 Å². The smallest absolute Gasteiger partial charge is 0.127 e. The molecule has 1 atom stereocenters. The number of benzene rings is 1. The van der Waals surface area contributed by atoms with Crippen LogP contribution in [0.4, 0.5) is 0 Å². The van der Waals surface area contributed by atoms with Crippen molar-refractivity contribution in [3.63, 3.8) is 0 Å². The molecule has 0 amide bonds. The molecule has 2 N–H and O–H groups in total. The highest BCUT2D eigenvalue weighted by Crippen LogP contribution is 2.39.